The maximum absolute atomic E-state index is 5.87. The van der Waals surface area contributed by atoms with E-state index in [1.54, 1.807) is 10.9 Å². The normalized spacial score (nSPS) is 15.4. The number of rotatable bonds is 2. The van der Waals surface area contributed by atoms with Gasteiger partial charge in [0.15, 0.2) is 5.65 Å². The Hall–Kier alpha value is -2.67. The number of ether oxygens (including phenoxy) is 1. The molecule has 1 aliphatic heterocycles. The fourth-order valence-corrected chi connectivity index (χ4v) is 2.69. The Kier molecular flexibility index (Phi) is 3.12. The minimum atomic E-state index is 0.445. The summed E-state index contributed by atoms with van der Waals surface area (Å²) in [5.41, 5.74) is 8.70. The van der Waals surface area contributed by atoms with Crippen LogP contribution in [0, 0.1) is 0 Å². The number of nitrogens with zero attached hydrogens (tertiary/aromatic N) is 5. The highest BCUT2D eigenvalue weighted by atomic mass is 16.5. The van der Waals surface area contributed by atoms with E-state index in [1.165, 1.54) is 6.33 Å². The molecule has 1 aliphatic rings. The summed E-state index contributed by atoms with van der Waals surface area (Å²) in [4.78, 5) is 10.6. The van der Waals surface area contributed by atoms with Gasteiger partial charge in [-0.25, -0.2) is 14.6 Å². The average molecular weight is 296 g/mol. The second-order valence-electron chi connectivity index (χ2n) is 5.17. The summed E-state index contributed by atoms with van der Waals surface area (Å²) in [6, 6.07) is 8.24. The summed E-state index contributed by atoms with van der Waals surface area (Å²) in [5.74, 6) is 0.445. The predicted octanol–water partition coefficient (Wildman–Crippen LogP) is 1.23. The van der Waals surface area contributed by atoms with Crippen molar-refractivity contribution in [1.29, 1.82) is 0 Å². The first-order chi connectivity index (χ1) is 10.8. The number of hydrogen-bond donors (Lipinski definition) is 1. The smallest absolute Gasteiger partial charge is 0.168 e. The van der Waals surface area contributed by atoms with Crippen LogP contribution in [0.1, 0.15) is 0 Å². The van der Waals surface area contributed by atoms with Gasteiger partial charge < -0.3 is 15.4 Å². The molecule has 0 bridgehead atoms. The molecule has 4 rings (SSSR count). The van der Waals surface area contributed by atoms with Crippen LogP contribution in [0.2, 0.25) is 0 Å². The van der Waals surface area contributed by atoms with E-state index >= 15 is 0 Å². The van der Waals surface area contributed by atoms with Crippen molar-refractivity contribution in [2.24, 2.45) is 0 Å². The molecule has 0 atom stereocenters. The molecule has 2 aromatic heterocycles. The zero-order chi connectivity index (χ0) is 14.9. The van der Waals surface area contributed by atoms with E-state index in [0.717, 1.165) is 43.1 Å². The lowest BCUT2D eigenvalue weighted by Gasteiger charge is -2.29. The number of morpholine rings is 1. The summed E-state index contributed by atoms with van der Waals surface area (Å²) in [7, 11) is 0. The van der Waals surface area contributed by atoms with Gasteiger partial charge in [-0.3, -0.25) is 0 Å². The van der Waals surface area contributed by atoms with Gasteiger partial charge in [-0.2, -0.15) is 5.10 Å². The van der Waals surface area contributed by atoms with Crippen LogP contribution < -0.4 is 10.6 Å². The average Bonchev–Trinajstić information content (AvgIpc) is 3.01. The third kappa shape index (κ3) is 2.15. The van der Waals surface area contributed by atoms with E-state index in [-0.39, 0.29) is 0 Å². The monoisotopic (exact) mass is 296 g/mol. The molecule has 112 valence electrons. The fraction of sp³-hybridized carbons (Fsp3) is 0.267. The molecule has 3 aromatic rings. The third-order valence-corrected chi connectivity index (χ3v) is 3.85. The molecular formula is C15H16N6O. The van der Waals surface area contributed by atoms with Gasteiger partial charge in [-0.15, -0.1) is 0 Å². The van der Waals surface area contributed by atoms with Crippen molar-refractivity contribution >= 4 is 22.5 Å². The maximum Gasteiger partial charge on any atom is 0.168 e. The molecule has 7 heteroatoms. The van der Waals surface area contributed by atoms with Crippen LogP contribution in [-0.2, 0) is 4.74 Å². The van der Waals surface area contributed by atoms with Gasteiger partial charge in [0.05, 0.1) is 30.5 Å². The predicted molar refractivity (Wildman–Crippen MR) is 84.1 cm³/mol. The van der Waals surface area contributed by atoms with Gasteiger partial charge in [-0.1, -0.05) is 6.07 Å². The quantitative estimate of drug-likeness (QED) is 0.766. The van der Waals surface area contributed by atoms with Crippen LogP contribution in [0.4, 0.5) is 11.5 Å². The SMILES string of the molecule is Nc1ncnc2c1cnn2-c1cccc(N2CCOCC2)c1. The van der Waals surface area contributed by atoms with E-state index in [2.05, 4.69) is 32.1 Å². The third-order valence-electron chi connectivity index (χ3n) is 3.85. The number of anilines is 2. The second kappa shape index (κ2) is 5.27. The minimum Gasteiger partial charge on any atom is -0.383 e. The molecule has 0 radical (unpaired) electrons. The molecule has 0 spiro atoms. The van der Waals surface area contributed by atoms with Crippen molar-refractivity contribution in [2.75, 3.05) is 36.9 Å². The lowest BCUT2D eigenvalue weighted by molar-refractivity contribution is 0.122. The van der Waals surface area contributed by atoms with E-state index < -0.39 is 0 Å². The maximum atomic E-state index is 5.87. The number of fused-ring (bicyclic) bond motifs is 1. The number of nitrogen functional groups attached to an aromatic ring is 1. The van der Waals surface area contributed by atoms with Crippen molar-refractivity contribution < 1.29 is 4.74 Å². The first kappa shape index (κ1) is 13.0. The van der Waals surface area contributed by atoms with Gasteiger partial charge in [-0.05, 0) is 18.2 Å². The van der Waals surface area contributed by atoms with Gasteiger partial charge in [0.2, 0.25) is 0 Å². The lowest BCUT2D eigenvalue weighted by atomic mass is 10.2. The van der Waals surface area contributed by atoms with Crippen molar-refractivity contribution in [3.8, 4) is 5.69 Å². The summed E-state index contributed by atoms with van der Waals surface area (Å²) in [5, 5.41) is 5.17. The van der Waals surface area contributed by atoms with Gasteiger partial charge >= 0.3 is 0 Å². The topological polar surface area (TPSA) is 82.1 Å². The van der Waals surface area contributed by atoms with Crippen LogP contribution >= 0.6 is 0 Å². The standard InChI is InChI=1S/C15H16N6O/c16-14-13-9-19-21(15(13)18-10-17-14)12-3-1-2-11(8-12)20-4-6-22-7-5-20/h1-3,8-10H,4-7H2,(H2,16,17,18). The fourth-order valence-electron chi connectivity index (χ4n) is 2.69. The first-order valence-electron chi connectivity index (χ1n) is 7.20. The van der Waals surface area contributed by atoms with E-state index in [1.807, 2.05) is 12.1 Å². The Morgan fingerprint density at radius 1 is 1.09 bits per heavy atom. The lowest BCUT2D eigenvalue weighted by Crippen LogP contribution is -2.36. The summed E-state index contributed by atoms with van der Waals surface area (Å²) >= 11 is 0. The van der Waals surface area contributed by atoms with E-state index in [0.29, 0.717) is 11.5 Å². The molecule has 1 saturated heterocycles. The minimum absolute atomic E-state index is 0.445. The number of hydrogen-bond acceptors (Lipinski definition) is 6. The molecule has 0 amide bonds. The molecule has 3 heterocycles. The number of nitrogens with two attached hydrogens (primary N) is 1. The Labute approximate surface area is 127 Å². The van der Waals surface area contributed by atoms with Crippen LogP contribution in [0.15, 0.2) is 36.8 Å². The van der Waals surface area contributed by atoms with Crippen molar-refractivity contribution in [3.05, 3.63) is 36.8 Å². The molecule has 0 saturated carbocycles. The van der Waals surface area contributed by atoms with Crippen LogP contribution in [0.3, 0.4) is 0 Å². The Bertz CT molecular complexity index is 809. The summed E-state index contributed by atoms with van der Waals surface area (Å²) in [6.45, 7) is 3.33. The Balaban J connectivity index is 1.77. The molecule has 2 N–H and O–H groups in total. The molecule has 0 unspecified atom stereocenters. The summed E-state index contributed by atoms with van der Waals surface area (Å²) < 4.78 is 7.19. The van der Waals surface area contributed by atoms with Crippen LogP contribution in [-0.4, -0.2) is 46.1 Å². The molecule has 1 fully saturated rings. The van der Waals surface area contributed by atoms with Gasteiger partial charge in [0, 0.05) is 18.8 Å². The Morgan fingerprint density at radius 3 is 2.77 bits per heavy atom. The Morgan fingerprint density at radius 2 is 1.91 bits per heavy atom. The largest absolute Gasteiger partial charge is 0.383 e. The van der Waals surface area contributed by atoms with Gasteiger partial charge in [0.25, 0.3) is 0 Å². The van der Waals surface area contributed by atoms with Crippen molar-refractivity contribution in [2.45, 2.75) is 0 Å². The van der Waals surface area contributed by atoms with Crippen molar-refractivity contribution in [3.63, 3.8) is 0 Å². The van der Waals surface area contributed by atoms with E-state index in [4.69, 9.17) is 10.5 Å². The molecule has 22 heavy (non-hydrogen) atoms. The van der Waals surface area contributed by atoms with Crippen LogP contribution in [0.25, 0.3) is 16.7 Å². The van der Waals surface area contributed by atoms with Crippen molar-refractivity contribution in [1.82, 2.24) is 19.7 Å². The molecular weight excluding hydrogens is 280 g/mol. The van der Waals surface area contributed by atoms with E-state index in [9.17, 15) is 0 Å². The zero-order valence-electron chi connectivity index (χ0n) is 12.0. The van der Waals surface area contributed by atoms with Gasteiger partial charge in [0.1, 0.15) is 12.1 Å². The highest BCUT2D eigenvalue weighted by Gasteiger charge is 2.13. The highest BCUT2D eigenvalue weighted by molar-refractivity contribution is 5.85. The summed E-state index contributed by atoms with van der Waals surface area (Å²) in [6.07, 6.45) is 3.16. The first-order valence-corrected chi connectivity index (χ1v) is 7.20. The number of benzene rings is 1. The number of aromatic nitrogens is 4. The molecule has 1 aromatic carbocycles. The molecule has 7 nitrogen and oxygen atoms in total. The zero-order valence-corrected chi connectivity index (χ0v) is 12.0. The van der Waals surface area contributed by atoms with Crippen LogP contribution in [0.5, 0.6) is 0 Å². The highest BCUT2D eigenvalue weighted by Crippen LogP contribution is 2.23. The molecule has 0 aliphatic carbocycles. The second-order valence-corrected chi connectivity index (χ2v) is 5.17.